The van der Waals surface area contributed by atoms with E-state index in [-0.39, 0.29) is 11.2 Å². The second-order valence-corrected chi connectivity index (χ2v) is 5.33. The zero-order valence-corrected chi connectivity index (χ0v) is 10.7. The molecule has 0 bridgehead atoms. The van der Waals surface area contributed by atoms with Crippen LogP contribution in [0.5, 0.6) is 5.75 Å². The Morgan fingerprint density at radius 2 is 1.71 bits per heavy atom. The van der Waals surface area contributed by atoms with Crippen LogP contribution in [-0.4, -0.2) is 14.9 Å². The Hall–Kier alpha value is -1.77. The van der Waals surface area contributed by atoms with Gasteiger partial charge in [-0.3, -0.25) is 4.68 Å². The Morgan fingerprint density at radius 1 is 1.12 bits per heavy atom. The largest absolute Gasteiger partial charge is 0.504 e. The third kappa shape index (κ3) is 2.18. The third-order valence-corrected chi connectivity index (χ3v) is 2.94. The molecule has 17 heavy (non-hydrogen) atoms. The van der Waals surface area contributed by atoms with Gasteiger partial charge in [-0.1, -0.05) is 45.0 Å². The minimum atomic E-state index is 0.146. The van der Waals surface area contributed by atoms with Crippen LogP contribution >= 0.6 is 0 Å². The Balaban J connectivity index is 2.43. The molecule has 1 N–H and O–H groups in total. The number of aromatic nitrogens is 2. The highest BCUT2D eigenvalue weighted by Crippen LogP contribution is 2.30. The number of aromatic hydroxyl groups is 1. The van der Waals surface area contributed by atoms with Gasteiger partial charge in [0.1, 0.15) is 5.69 Å². The van der Waals surface area contributed by atoms with E-state index in [1.54, 1.807) is 4.68 Å². The smallest absolute Gasteiger partial charge is 0.161 e. The van der Waals surface area contributed by atoms with Gasteiger partial charge < -0.3 is 5.11 Å². The summed E-state index contributed by atoms with van der Waals surface area (Å²) in [7, 11) is 1.83. The van der Waals surface area contributed by atoms with E-state index >= 15 is 0 Å². The summed E-state index contributed by atoms with van der Waals surface area (Å²) in [5.74, 6) is 0.219. The van der Waals surface area contributed by atoms with Gasteiger partial charge in [-0.05, 0) is 11.0 Å². The Bertz CT molecular complexity index is 499. The van der Waals surface area contributed by atoms with Crippen molar-refractivity contribution in [1.29, 1.82) is 0 Å². The molecular weight excluding hydrogens is 212 g/mol. The molecule has 1 heterocycles. The Kier molecular flexibility index (Phi) is 2.69. The van der Waals surface area contributed by atoms with Crippen molar-refractivity contribution in [3.05, 3.63) is 36.0 Å². The van der Waals surface area contributed by atoms with E-state index in [9.17, 15) is 5.11 Å². The first-order valence-electron chi connectivity index (χ1n) is 5.71. The molecular formula is C14H18N2O. The van der Waals surface area contributed by atoms with Crippen LogP contribution in [0.3, 0.4) is 0 Å². The molecule has 3 heteroatoms. The third-order valence-electron chi connectivity index (χ3n) is 2.94. The van der Waals surface area contributed by atoms with Gasteiger partial charge in [0.2, 0.25) is 0 Å². The summed E-state index contributed by atoms with van der Waals surface area (Å²) in [5.41, 5.74) is 3.16. The molecule has 0 unspecified atom stereocenters. The molecule has 2 rings (SSSR count). The van der Waals surface area contributed by atoms with Crippen LogP contribution in [0.2, 0.25) is 0 Å². The lowest BCUT2D eigenvalue weighted by Gasteiger charge is -2.19. The second-order valence-electron chi connectivity index (χ2n) is 5.33. The number of hydrogen-bond acceptors (Lipinski definition) is 2. The van der Waals surface area contributed by atoms with E-state index in [4.69, 9.17) is 0 Å². The van der Waals surface area contributed by atoms with E-state index in [1.165, 1.54) is 11.8 Å². The first kappa shape index (κ1) is 11.7. The predicted molar refractivity (Wildman–Crippen MR) is 69.0 cm³/mol. The summed E-state index contributed by atoms with van der Waals surface area (Å²) in [6.45, 7) is 6.55. The zero-order chi connectivity index (χ0) is 12.6. The molecule has 0 saturated carbocycles. The van der Waals surface area contributed by atoms with Crippen molar-refractivity contribution in [2.45, 2.75) is 26.2 Å². The summed E-state index contributed by atoms with van der Waals surface area (Å²) in [6.07, 6.45) is 1.47. The quantitative estimate of drug-likeness (QED) is 0.817. The SMILES string of the molecule is Cn1ncc(O)c1-c1ccc(C(C)(C)C)cc1. The van der Waals surface area contributed by atoms with E-state index in [0.717, 1.165) is 11.3 Å². The minimum Gasteiger partial charge on any atom is -0.504 e. The van der Waals surface area contributed by atoms with Crippen molar-refractivity contribution >= 4 is 0 Å². The highest BCUT2D eigenvalue weighted by molar-refractivity contribution is 5.66. The highest BCUT2D eigenvalue weighted by Gasteiger charge is 2.15. The van der Waals surface area contributed by atoms with E-state index in [2.05, 4.69) is 38.0 Å². The number of benzene rings is 1. The zero-order valence-electron chi connectivity index (χ0n) is 10.7. The van der Waals surface area contributed by atoms with Crippen molar-refractivity contribution in [2.75, 3.05) is 0 Å². The predicted octanol–water partition coefficient (Wildman–Crippen LogP) is 3.09. The number of nitrogens with zero attached hydrogens (tertiary/aromatic N) is 2. The van der Waals surface area contributed by atoms with E-state index in [0.29, 0.717) is 0 Å². The van der Waals surface area contributed by atoms with Crippen molar-refractivity contribution in [2.24, 2.45) is 7.05 Å². The van der Waals surface area contributed by atoms with Crippen LogP contribution in [0.4, 0.5) is 0 Å². The fourth-order valence-corrected chi connectivity index (χ4v) is 1.89. The maximum atomic E-state index is 9.73. The van der Waals surface area contributed by atoms with Crippen LogP contribution in [0.1, 0.15) is 26.3 Å². The van der Waals surface area contributed by atoms with Crippen LogP contribution < -0.4 is 0 Å². The monoisotopic (exact) mass is 230 g/mol. The van der Waals surface area contributed by atoms with Gasteiger partial charge in [-0.2, -0.15) is 5.10 Å². The number of hydrogen-bond donors (Lipinski definition) is 1. The molecule has 0 aliphatic rings. The molecule has 0 radical (unpaired) electrons. The summed E-state index contributed by atoms with van der Waals surface area (Å²) in [5, 5.41) is 13.8. The topological polar surface area (TPSA) is 38.0 Å². The molecule has 1 aromatic heterocycles. The Labute approximate surface area is 102 Å². The van der Waals surface area contributed by atoms with Gasteiger partial charge in [-0.25, -0.2) is 0 Å². The molecule has 90 valence electrons. The van der Waals surface area contributed by atoms with Crippen LogP contribution in [0.15, 0.2) is 30.5 Å². The average Bonchev–Trinajstić information content (AvgIpc) is 2.58. The molecule has 0 saturated heterocycles. The maximum absolute atomic E-state index is 9.73. The lowest BCUT2D eigenvalue weighted by atomic mass is 9.86. The van der Waals surface area contributed by atoms with Crippen molar-refractivity contribution in [3.63, 3.8) is 0 Å². The van der Waals surface area contributed by atoms with Gasteiger partial charge in [-0.15, -0.1) is 0 Å². The average molecular weight is 230 g/mol. The molecule has 3 nitrogen and oxygen atoms in total. The number of aryl methyl sites for hydroxylation is 1. The summed E-state index contributed by atoms with van der Waals surface area (Å²) < 4.78 is 1.68. The molecule has 0 spiro atoms. The van der Waals surface area contributed by atoms with Gasteiger partial charge in [0.15, 0.2) is 5.75 Å². The molecule has 0 amide bonds. The van der Waals surface area contributed by atoms with E-state index in [1.807, 2.05) is 19.2 Å². The first-order chi connectivity index (χ1) is 7.89. The molecule has 0 atom stereocenters. The van der Waals surface area contributed by atoms with Crippen LogP contribution in [-0.2, 0) is 12.5 Å². The second kappa shape index (κ2) is 3.91. The van der Waals surface area contributed by atoms with Crippen LogP contribution in [0, 0.1) is 0 Å². The van der Waals surface area contributed by atoms with E-state index < -0.39 is 0 Å². The lowest BCUT2D eigenvalue weighted by molar-refractivity contribution is 0.477. The van der Waals surface area contributed by atoms with Gasteiger partial charge in [0.05, 0.1) is 6.20 Å². The summed E-state index contributed by atoms with van der Waals surface area (Å²) in [4.78, 5) is 0. The summed E-state index contributed by atoms with van der Waals surface area (Å²) >= 11 is 0. The lowest BCUT2D eigenvalue weighted by Crippen LogP contribution is -2.10. The van der Waals surface area contributed by atoms with Crippen molar-refractivity contribution in [1.82, 2.24) is 9.78 Å². The fourth-order valence-electron chi connectivity index (χ4n) is 1.89. The van der Waals surface area contributed by atoms with Crippen LogP contribution in [0.25, 0.3) is 11.3 Å². The molecule has 1 aromatic carbocycles. The van der Waals surface area contributed by atoms with Gasteiger partial charge >= 0.3 is 0 Å². The molecule has 0 aliphatic heterocycles. The number of rotatable bonds is 1. The molecule has 0 aliphatic carbocycles. The fraction of sp³-hybridized carbons (Fsp3) is 0.357. The van der Waals surface area contributed by atoms with Gasteiger partial charge in [0.25, 0.3) is 0 Å². The molecule has 2 aromatic rings. The molecule has 0 fully saturated rings. The standard InChI is InChI=1S/C14H18N2O/c1-14(2,3)11-7-5-10(6-8-11)13-12(17)9-15-16(13)4/h5-9,17H,1-4H3. The van der Waals surface area contributed by atoms with Gasteiger partial charge in [0, 0.05) is 12.6 Å². The van der Waals surface area contributed by atoms with Crippen molar-refractivity contribution < 1.29 is 5.11 Å². The minimum absolute atomic E-state index is 0.146. The normalized spacial score (nSPS) is 11.8. The summed E-state index contributed by atoms with van der Waals surface area (Å²) in [6, 6.07) is 8.25. The Morgan fingerprint density at radius 3 is 2.12 bits per heavy atom. The highest BCUT2D eigenvalue weighted by atomic mass is 16.3. The maximum Gasteiger partial charge on any atom is 0.161 e. The first-order valence-corrected chi connectivity index (χ1v) is 5.71. The van der Waals surface area contributed by atoms with Crippen molar-refractivity contribution in [3.8, 4) is 17.0 Å².